The van der Waals surface area contributed by atoms with E-state index in [0.717, 1.165) is 55.3 Å². The molecule has 36 heavy (non-hydrogen) atoms. The fraction of sp³-hybridized carbons (Fsp3) is 0.500. The minimum absolute atomic E-state index is 0.0302. The van der Waals surface area contributed by atoms with Crippen molar-refractivity contribution in [1.82, 2.24) is 9.80 Å². The molecule has 3 amide bonds. The number of anilines is 1. The number of hydrogen-bond acceptors (Lipinski definition) is 4. The zero-order valence-electron chi connectivity index (χ0n) is 20.8. The summed E-state index contributed by atoms with van der Waals surface area (Å²) < 4.78 is 24.0. The number of likely N-dealkylation sites (N-methyl/N-ethyl adjacent to an activating group) is 1. The summed E-state index contributed by atoms with van der Waals surface area (Å²) in [6.07, 6.45) is 5.21. The van der Waals surface area contributed by atoms with Gasteiger partial charge in [-0.1, -0.05) is 18.2 Å². The van der Waals surface area contributed by atoms with Gasteiger partial charge in [-0.3, -0.25) is 4.79 Å². The molecule has 4 fully saturated rings. The lowest BCUT2D eigenvalue weighted by Crippen LogP contribution is -2.59. The second-order valence-electron chi connectivity index (χ2n) is 10.8. The van der Waals surface area contributed by atoms with Gasteiger partial charge in [0.15, 0.2) is 12.4 Å². The quantitative estimate of drug-likeness (QED) is 0.621. The van der Waals surface area contributed by atoms with E-state index in [0.29, 0.717) is 13.1 Å². The molecule has 3 aliphatic carbocycles. The number of ether oxygens (including phenoxy) is 2. The molecule has 0 spiro atoms. The first-order valence-electron chi connectivity index (χ1n) is 12.7. The monoisotopic (exact) mass is 493 g/mol. The Morgan fingerprint density at radius 2 is 1.69 bits per heavy atom. The van der Waals surface area contributed by atoms with E-state index >= 15 is 0 Å². The van der Waals surface area contributed by atoms with Gasteiger partial charge in [0.25, 0.3) is 5.91 Å². The van der Waals surface area contributed by atoms with Gasteiger partial charge in [-0.2, -0.15) is 0 Å². The van der Waals surface area contributed by atoms with Crippen LogP contribution in [-0.2, 0) is 32.8 Å². The lowest BCUT2D eigenvalue weighted by atomic mass is 9.54. The smallest absolute Gasteiger partial charge is 0.322 e. The topological polar surface area (TPSA) is 74.4 Å². The fourth-order valence-electron chi connectivity index (χ4n) is 6.60. The Bertz CT molecular complexity index is 1180. The first-order valence-corrected chi connectivity index (χ1v) is 12.7. The molecule has 2 heterocycles. The number of urea groups is 1. The van der Waals surface area contributed by atoms with Crippen molar-refractivity contribution in [3.63, 3.8) is 0 Å². The summed E-state index contributed by atoms with van der Waals surface area (Å²) in [5.74, 6) is -0.244. The van der Waals surface area contributed by atoms with E-state index < -0.39 is 12.4 Å². The van der Waals surface area contributed by atoms with Gasteiger partial charge in [-0.25, -0.2) is 9.18 Å². The van der Waals surface area contributed by atoms with Crippen LogP contribution >= 0.6 is 0 Å². The number of carbonyl (C=O) groups is 2. The minimum Gasteiger partial charge on any atom is -0.353 e. The zero-order chi connectivity index (χ0) is 25.1. The Labute approximate surface area is 210 Å². The van der Waals surface area contributed by atoms with Gasteiger partial charge in [0.1, 0.15) is 5.82 Å². The maximum absolute atomic E-state index is 13.5. The molecule has 7 rings (SSSR count). The Kier molecular flexibility index (Phi) is 5.57. The number of fused-ring (bicyclic) bond motifs is 4. The van der Waals surface area contributed by atoms with Crippen molar-refractivity contribution in [3.05, 3.63) is 65.0 Å². The van der Waals surface area contributed by atoms with Crippen LogP contribution in [0.15, 0.2) is 42.5 Å². The lowest BCUT2D eigenvalue weighted by Gasteiger charge is -2.57. The molecule has 2 aliphatic heterocycles. The minimum atomic E-state index is -0.457. The predicted octanol–water partition coefficient (Wildman–Crippen LogP) is 4.55. The van der Waals surface area contributed by atoms with Gasteiger partial charge in [-0.15, -0.1) is 0 Å². The maximum Gasteiger partial charge on any atom is 0.322 e. The number of amides is 3. The summed E-state index contributed by atoms with van der Waals surface area (Å²) in [5, 5.41) is 2.99. The number of nitrogens with zero attached hydrogens (tertiary/aromatic N) is 2. The Morgan fingerprint density at radius 1 is 1.03 bits per heavy atom. The molecular formula is C28H32FN3O4. The van der Waals surface area contributed by atoms with Gasteiger partial charge in [0.05, 0.1) is 0 Å². The third-order valence-electron chi connectivity index (χ3n) is 9.10. The van der Waals surface area contributed by atoms with E-state index in [1.165, 1.54) is 17.7 Å². The van der Waals surface area contributed by atoms with E-state index in [4.69, 9.17) is 9.47 Å². The summed E-state index contributed by atoms with van der Waals surface area (Å²) in [5.41, 5.74) is 3.94. The van der Waals surface area contributed by atoms with Crippen molar-refractivity contribution in [1.29, 1.82) is 0 Å². The summed E-state index contributed by atoms with van der Waals surface area (Å²) in [4.78, 5) is 29.3. The summed E-state index contributed by atoms with van der Waals surface area (Å²) in [6, 6.07) is 12.7. The molecule has 7 nitrogen and oxygen atoms in total. The molecular weight excluding hydrogens is 461 g/mol. The fourth-order valence-corrected chi connectivity index (χ4v) is 6.60. The Hall–Kier alpha value is -2.97. The molecule has 2 atom stereocenters. The SMILES string of the molecule is COC1OC1C(=O)N(C)C12CCC(c3ccc(NC(=O)N4Cc5ccc(F)cc5C4)cc3)(CC1)CC2. The number of rotatable bonds is 5. The van der Waals surface area contributed by atoms with Gasteiger partial charge < -0.3 is 24.6 Å². The van der Waals surface area contributed by atoms with Crippen LogP contribution in [0.1, 0.15) is 55.2 Å². The van der Waals surface area contributed by atoms with Crippen molar-refractivity contribution in [3.8, 4) is 0 Å². The van der Waals surface area contributed by atoms with Crippen molar-refractivity contribution in [2.45, 2.75) is 75.0 Å². The second-order valence-corrected chi connectivity index (χ2v) is 10.8. The summed E-state index contributed by atoms with van der Waals surface area (Å²) >= 11 is 0. The standard InChI is InChI=1S/C28H32FN3O4/c1-31(24(33)23-25(35-2)36-23)28-12-9-27(10-13-28,11-14-28)20-4-7-22(8-5-20)30-26(34)32-16-18-3-6-21(29)15-19(18)17-32/h3-8,15,23,25H,9-14,16-17H2,1-2H3,(H,30,34). The van der Waals surface area contributed by atoms with Crippen LogP contribution in [0.5, 0.6) is 0 Å². The molecule has 2 bridgehead atoms. The molecule has 2 aromatic rings. The van der Waals surface area contributed by atoms with Gasteiger partial charge in [-0.05, 0) is 84.9 Å². The zero-order valence-corrected chi connectivity index (χ0v) is 20.8. The van der Waals surface area contributed by atoms with E-state index in [-0.39, 0.29) is 28.7 Å². The van der Waals surface area contributed by atoms with Gasteiger partial charge >= 0.3 is 6.03 Å². The Morgan fingerprint density at radius 3 is 2.33 bits per heavy atom. The number of nitrogens with one attached hydrogen (secondary N) is 1. The molecule has 3 saturated carbocycles. The molecule has 190 valence electrons. The van der Waals surface area contributed by atoms with Crippen LogP contribution in [0.2, 0.25) is 0 Å². The molecule has 2 aromatic carbocycles. The lowest BCUT2D eigenvalue weighted by molar-refractivity contribution is -0.142. The van der Waals surface area contributed by atoms with Crippen LogP contribution in [-0.4, -0.2) is 53.8 Å². The van der Waals surface area contributed by atoms with E-state index in [9.17, 15) is 14.0 Å². The number of carbonyl (C=O) groups excluding carboxylic acids is 2. The highest BCUT2D eigenvalue weighted by Gasteiger charge is 2.55. The van der Waals surface area contributed by atoms with Crippen LogP contribution in [0.4, 0.5) is 14.9 Å². The van der Waals surface area contributed by atoms with Crippen LogP contribution in [0.3, 0.4) is 0 Å². The normalized spacial score (nSPS) is 30.1. The van der Waals surface area contributed by atoms with Crippen molar-refractivity contribution < 1.29 is 23.5 Å². The maximum atomic E-state index is 13.5. The molecule has 1 N–H and O–H groups in total. The van der Waals surface area contributed by atoms with Crippen molar-refractivity contribution in [2.75, 3.05) is 19.5 Å². The van der Waals surface area contributed by atoms with Gasteiger partial charge in [0.2, 0.25) is 0 Å². The van der Waals surface area contributed by atoms with Gasteiger partial charge in [0, 0.05) is 38.5 Å². The third-order valence-corrected chi connectivity index (χ3v) is 9.10. The number of hydrogen-bond donors (Lipinski definition) is 1. The molecule has 8 heteroatoms. The molecule has 0 radical (unpaired) electrons. The number of halogens is 1. The molecule has 0 aromatic heterocycles. The molecule has 5 aliphatic rings. The molecule has 1 saturated heterocycles. The Balaban J connectivity index is 1.07. The number of benzene rings is 2. The van der Waals surface area contributed by atoms with Crippen LogP contribution < -0.4 is 5.32 Å². The number of methoxy groups -OCH3 is 1. The van der Waals surface area contributed by atoms with E-state index in [1.807, 2.05) is 24.1 Å². The van der Waals surface area contributed by atoms with E-state index in [2.05, 4.69) is 17.4 Å². The average Bonchev–Trinajstić information content (AvgIpc) is 3.59. The molecule has 2 unspecified atom stereocenters. The highest BCUT2D eigenvalue weighted by atomic mass is 19.1. The van der Waals surface area contributed by atoms with Crippen molar-refractivity contribution >= 4 is 17.6 Å². The average molecular weight is 494 g/mol. The summed E-state index contributed by atoms with van der Waals surface area (Å²) in [7, 11) is 3.48. The largest absolute Gasteiger partial charge is 0.353 e. The van der Waals surface area contributed by atoms with Crippen LogP contribution in [0.25, 0.3) is 0 Å². The highest BCUT2D eigenvalue weighted by Crippen LogP contribution is 2.55. The number of epoxide rings is 1. The third kappa shape index (κ3) is 3.87. The van der Waals surface area contributed by atoms with Crippen molar-refractivity contribution in [2.24, 2.45) is 0 Å². The van der Waals surface area contributed by atoms with E-state index in [1.54, 1.807) is 18.1 Å². The first-order chi connectivity index (χ1) is 17.3. The second kappa shape index (κ2) is 8.56. The first kappa shape index (κ1) is 23.4. The highest BCUT2D eigenvalue weighted by molar-refractivity contribution is 5.89. The van der Waals surface area contributed by atoms with Crippen LogP contribution in [0, 0.1) is 5.82 Å². The predicted molar refractivity (Wildman–Crippen MR) is 132 cm³/mol. The summed E-state index contributed by atoms with van der Waals surface area (Å²) in [6.45, 7) is 0.901.